The van der Waals surface area contributed by atoms with Crippen molar-refractivity contribution >= 4 is 34.7 Å². The van der Waals surface area contributed by atoms with Gasteiger partial charge in [-0.25, -0.2) is 0 Å². The fourth-order valence-electron chi connectivity index (χ4n) is 2.38. The highest BCUT2D eigenvalue weighted by Crippen LogP contribution is 2.38. The van der Waals surface area contributed by atoms with E-state index in [0.29, 0.717) is 27.7 Å². The Morgan fingerprint density at radius 2 is 2.00 bits per heavy atom. The van der Waals surface area contributed by atoms with Gasteiger partial charge >= 0.3 is 0 Å². The third kappa shape index (κ3) is 1.65. The predicted molar refractivity (Wildman–Crippen MR) is 65.6 cm³/mol. The van der Waals surface area contributed by atoms with Crippen molar-refractivity contribution in [1.29, 1.82) is 0 Å². The average Bonchev–Trinajstić information content (AvgIpc) is 2.84. The Kier molecular flexibility index (Phi) is 2.60. The number of benzene rings is 1. The van der Waals surface area contributed by atoms with Crippen molar-refractivity contribution < 1.29 is 9.63 Å². The predicted octanol–water partition coefficient (Wildman–Crippen LogP) is 3.08. The molecule has 0 radical (unpaired) electrons. The third-order valence-electron chi connectivity index (χ3n) is 3.22. The molecule has 0 unspecified atom stereocenters. The number of carbonyl (C=O) groups is 1. The quantitative estimate of drug-likeness (QED) is 0.786. The van der Waals surface area contributed by atoms with Gasteiger partial charge in [0, 0.05) is 12.0 Å². The lowest BCUT2D eigenvalue weighted by Gasteiger charge is -2.10. The van der Waals surface area contributed by atoms with Gasteiger partial charge in [-0.05, 0) is 18.6 Å². The van der Waals surface area contributed by atoms with E-state index in [-0.39, 0.29) is 11.7 Å². The summed E-state index contributed by atoms with van der Waals surface area (Å²) in [5, 5.41) is 5.07. The van der Waals surface area contributed by atoms with Crippen LogP contribution in [0.5, 0.6) is 0 Å². The first kappa shape index (κ1) is 11.1. The van der Waals surface area contributed by atoms with Gasteiger partial charge in [0.05, 0.1) is 21.7 Å². The Bertz CT molecular complexity index is 507. The minimum atomic E-state index is -0.433. The van der Waals surface area contributed by atoms with E-state index in [4.69, 9.17) is 28.0 Å². The summed E-state index contributed by atoms with van der Waals surface area (Å²) < 4.78 is 0. The van der Waals surface area contributed by atoms with Gasteiger partial charge in [-0.15, -0.1) is 0 Å². The van der Waals surface area contributed by atoms with Crippen LogP contribution in [0.2, 0.25) is 10.0 Å². The molecule has 0 bridgehead atoms. The van der Waals surface area contributed by atoms with E-state index < -0.39 is 6.10 Å². The van der Waals surface area contributed by atoms with Crippen molar-refractivity contribution in [3.63, 3.8) is 0 Å². The average molecular weight is 270 g/mol. The molecule has 5 heteroatoms. The summed E-state index contributed by atoms with van der Waals surface area (Å²) in [5.41, 5.74) is 1.40. The Morgan fingerprint density at radius 3 is 2.71 bits per heavy atom. The molecule has 17 heavy (non-hydrogen) atoms. The molecule has 1 aromatic carbocycles. The molecule has 1 aliphatic carbocycles. The number of hydrogen-bond donors (Lipinski definition) is 0. The Hall–Kier alpha value is -1.06. The molecule has 0 amide bonds. The number of rotatable bonds is 1. The summed E-state index contributed by atoms with van der Waals surface area (Å²) in [6.45, 7) is 0. The first-order valence-corrected chi connectivity index (χ1v) is 6.15. The molecule has 2 aliphatic rings. The number of Topliss-reactive ketones (excluding diaryl/α,β-unsaturated/α-hetero) is 1. The van der Waals surface area contributed by atoms with Crippen LogP contribution < -0.4 is 0 Å². The van der Waals surface area contributed by atoms with E-state index in [2.05, 4.69) is 5.16 Å². The number of halogens is 2. The zero-order valence-electron chi connectivity index (χ0n) is 8.82. The maximum Gasteiger partial charge on any atom is 0.193 e. The Labute approximate surface area is 108 Å². The number of carbonyl (C=O) groups excluding carboxylic acids is 1. The topological polar surface area (TPSA) is 38.7 Å². The van der Waals surface area contributed by atoms with Gasteiger partial charge in [0.2, 0.25) is 0 Å². The van der Waals surface area contributed by atoms with Crippen molar-refractivity contribution in [2.75, 3.05) is 0 Å². The molecule has 0 spiro atoms. The van der Waals surface area contributed by atoms with Crippen LogP contribution in [0.25, 0.3) is 0 Å². The minimum absolute atomic E-state index is 0.0000926. The maximum absolute atomic E-state index is 11.5. The SMILES string of the molecule is O=C1CC[C@@H]2C(c3c(Cl)cccc3Cl)=NO[C@H]12. The fourth-order valence-corrected chi connectivity index (χ4v) is 2.97. The van der Waals surface area contributed by atoms with E-state index in [9.17, 15) is 4.79 Å². The fraction of sp³-hybridized carbons (Fsp3) is 0.333. The first-order chi connectivity index (χ1) is 8.18. The van der Waals surface area contributed by atoms with Gasteiger partial charge < -0.3 is 4.84 Å². The van der Waals surface area contributed by atoms with Crippen LogP contribution in [0.4, 0.5) is 0 Å². The standard InChI is InChI=1S/C12H9Cl2NO2/c13-7-2-1-3-8(14)10(7)11-6-4-5-9(16)12(6)17-15-11/h1-3,6,12H,4-5H2/t6-,12+/m1/s1. The van der Waals surface area contributed by atoms with Crippen LogP contribution in [-0.4, -0.2) is 17.6 Å². The van der Waals surface area contributed by atoms with Crippen molar-refractivity contribution in [2.45, 2.75) is 18.9 Å². The molecule has 1 saturated carbocycles. The smallest absolute Gasteiger partial charge is 0.193 e. The molecule has 0 saturated heterocycles. The molecule has 0 N–H and O–H groups in total. The van der Waals surface area contributed by atoms with Crippen molar-refractivity contribution in [2.24, 2.45) is 11.1 Å². The molecule has 1 fully saturated rings. The molecule has 2 atom stereocenters. The van der Waals surface area contributed by atoms with E-state index >= 15 is 0 Å². The molecule has 3 nitrogen and oxygen atoms in total. The van der Waals surface area contributed by atoms with Crippen LogP contribution in [0.1, 0.15) is 18.4 Å². The third-order valence-corrected chi connectivity index (χ3v) is 3.85. The number of oxime groups is 1. The Morgan fingerprint density at radius 1 is 1.29 bits per heavy atom. The number of hydrogen-bond acceptors (Lipinski definition) is 3. The highest BCUT2D eigenvalue weighted by Gasteiger charge is 2.45. The number of ketones is 1. The number of nitrogens with zero attached hydrogens (tertiary/aromatic N) is 1. The zero-order chi connectivity index (χ0) is 12.0. The van der Waals surface area contributed by atoms with Crippen LogP contribution in [0.3, 0.4) is 0 Å². The maximum atomic E-state index is 11.5. The van der Waals surface area contributed by atoms with Gasteiger partial charge in [0.1, 0.15) is 0 Å². The highest BCUT2D eigenvalue weighted by molar-refractivity contribution is 6.40. The van der Waals surface area contributed by atoms with Gasteiger partial charge in [0.25, 0.3) is 0 Å². The molecule has 1 aromatic rings. The van der Waals surface area contributed by atoms with E-state index in [1.54, 1.807) is 18.2 Å². The lowest BCUT2D eigenvalue weighted by molar-refractivity contribution is -0.126. The second-order valence-electron chi connectivity index (χ2n) is 4.21. The zero-order valence-corrected chi connectivity index (χ0v) is 10.3. The highest BCUT2D eigenvalue weighted by atomic mass is 35.5. The van der Waals surface area contributed by atoms with Gasteiger partial charge in [-0.1, -0.05) is 34.4 Å². The van der Waals surface area contributed by atoms with Gasteiger partial charge in [-0.2, -0.15) is 0 Å². The van der Waals surface area contributed by atoms with Crippen molar-refractivity contribution in [1.82, 2.24) is 0 Å². The summed E-state index contributed by atoms with van der Waals surface area (Å²) in [7, 11) is 0. The van der Waals surface area contributed by atoms with Crippen LogP contribution in [0, 0.1) is 5.92 Å². The molecule has 88 valence electrons. The summed E-state index contributed by atoms with van der Waals surface area (Å²) in [5.74, 6) is 0.108. The largest absolute Gasteiger partial charge is 0.383 e. The minimum Gasteiger partial charge on any atom is -0.383 e. The van der Waals surface area contributed by atoms with Crippen LogP contribution >= 0.6 is 23.2 Å². The second kappa shape index (κ2) is 4.00. The van der Waals surface area contributed by atoms with E-state index in [0.717, 1.165) is 6.42 Å². The lowest BCUT2D eigenvalue weighted by Crippen LogP contribution is -2.23. The monoisotopic (exact) mass is 269 g/mol. The first-order valence-electron chi connectivity index (χ1n) is 5.39. The lowest BCUT2D eigenvalue weighted by atomic mass is 9.94. The van der Waals surface area contributed by atoms with Crippen molar-refractivity contribution in [3.05, 3.63) is 33.8 Å². The molecule has 1 heterocycles. The normalized spacial score (nSPS) is 26.7. The summed E-state index contributed by atoms with van der Waals surface area (Å²) >= 11 is 12.3. The molecule has 1 aliphatic heterocycles. The van der Waals surface area contributed by atoms with E-state index in [1.807, 2.05) is 0 Å². The van der Waals surface area contributed by atoms with Crippen molar-refractivity contribution in [3.8, 4) is 0 Å². The molecule has 0 aromatic heterocycles. The number of fused-ring (bicyclic) bond motifs is 1. The van der Waals surface area contributed by atoms with Crippen LogP contribution in [0.15, 0.2) is 23.4 Å². The van der Waals surface area contributed by atoms with Gasteiger partial charge in [-0.3, -0.25) is 4.79 Å². The molecular formula is C12H9Cl2NO2. The van der Waals surface area contributed by atoms with E-state index in [1.165, 1.54) is 0 Å². The summed E-state index contributed by atoms with van der Waals surface area (Å²) in [6.07, 6.45) is 0.859. The van der Waals surface area contributed by atoms with Gasteiger partial charge in [0.15, 0.2) is 11.9 Å². The Balaban J connectivity index is 2.04. The molecule has 3 rings (SSSR count). The summed E-state index contributed by atoms with van der Waals surface area (Å²) in [4.78, 5) is 16.7. The molecular weight excluding hydrogens is 261 g/mol. The van der Waals surface area contributed by atoms with Crippen LogP contribution in [-0.2, 0) is 9.63 Å². The second-order valence-corrected chi connectivity index (χ2v) is 5.03. The summed E-state index contributed by atoms with van der Waals surface area (Å²) in [6, 6.07) is 5.30.